The van der Waals surface area contributed by atoms with Gasteiger partial charge in [-0.15, -0.1) is 0 Å². The maximum absolute atomic E-state index is 12.5. The quantitative estimate of drug-likeness (QED) is 0.157. The molecule has 6 heteroatoms. The molecular formula is C28H40O6. The van der Waals surface area contributed by atoms with Gasteiger partial charge in [0.1, 0.15) is 11.5 Å². The average Bonchev–Trinajstić information content (AvgIpc) is 2.84. The van der Waals surface area contributed by atoms with Crippen LogP contribution >= 0.6 is 0 Å². The highest BCUT2D eigenvalue weighted by Crippen LogP contribution is 2.42. The second kappa shape index (κ2) is 15.2. The van der Waals surface area contributed by atoms with Crippen LogP contribution in [0, 0.1) is 0 Å². The van der Waals surface area contributed by atoms with Crippen LogP contribution in [0.3, 0.4) is 0 Å². The van der Waals surface area contributed by atoms with E-state index in [9.17, 15) is 9.59 Å². The monoisotopic (exact) mass is 472 g/mol. The van der Waals surface area contributed by atoms with Crippen molar-refractivity contribution < 1.29 is 28.5 Å². The molecule has 0 heterocycles. The minimum Gasteiger partial charge on any atom is -0.434 e. The highest BCUT2D eigenvalue weighted by atomic mass is 16.7. The van der Waals surface area contributed by atoms with E-state index in [1.165, 1.54) is 0 Å². The van der Waals surface area contributed by atoms with E-state index in [4.69, 9.17) is 18.9 Å². The number of hydrogen-bond acceptors (Lipinski definition) is 6. The van der Waals surface area contributed by atoms with Crippen LogP contribution in [0.2, 0.25) is 0 Å². The molecule has 0 unspecified atom stereocenters. The van der Waals surface area contributed by atoms with Crippen LogP contribution < -0.4 is 9.47 Å². The van der Waals surface area contributed by atoms with Gasteiger partial charge in [0.2, 0.25) is 0 Å². The molecule has 0 aromatic heterocycles. The first-order valence-electron chi connectivity index (χ1n) is 12.8. The predicted octanol–water partition coefficient (Wildman–Crippen LogP) is 8.16. The lowest BCUT2D eigenvalue weighted by Gasteiger charge is -2.20. The van der Waals surface area contributed by atoms with Crippen LogP contribution in [0.1, 0.15) is 90.2 Å². The van der Waals surface area contributed by atoms with Crippen LogP contribution in [-0.2, 0) is 22.3 Å². The number of rotatable bonds is 14. The Morgan fingerprint density at radius 2 is 1.03 bits per heavy atom. The average molecular weight is 473 g/mol. The number of ether oxygens (including phenoxy) is 4. The van der Waals surface area contributed by atoms with Crippen molar-refractivity contribution in [2.75, 3.05) is 13.2 Å². The summed E-state index contributed by atoms with van der Waals surface area (Å²) in [6.07, 6.45) is 7.95. The molecule has 2 rings (SSSR count). The highest BCUT2D eigenvalue weighted by Gasteiger charge is 2.24. The summed E-state index contributed by atoms with van der Waals surface area (Å²) in [7, 11) is 0. The van der Waals surface area contributed by atoms with Gasteiger partial charge in [-0.2, -0.15) is 0 Å². The van der Waals surface area contributed by atoms with Crippen molar-refractivity contribution in [3.63, 3.8) is 0 Å². The van der Waals surface area contributed by atoms with Crippen molar-refractivity contribution in [2.24, 2.45) is 0 Å². The molecule has 0 fully saturated rings. The smallest absolute Gasteiger partial charge is 0.434 e. The van der Waals surface area contributed by atoms with E-state index in [1.54, 1.807) is 0 Å². The Kier molecular flexibility index (Phi) is 12.3. The Morgan fingerprint density at radius 3 is 1.38 bits per heavy atom. The second-order valence-electron chi connectivity index (χ2n) is 8.39. The molecule has 2 aromatic rings. The molecule has 0 N–H and O–H groups in total. The lowest BCUT2D eigenvalue weighted by molar-refractivity contribution is 0.0953. The van der Waals surface area contributed by atoms with Crippen molar-refractivity contribution in [2.45, 2.75) is 91.9 Å². The molecule has 0 bridgehead atoms. The van der Waals surface area contributed by atoms with E-state index in [0.717, 1.165) is 62.5 Å². The fourth-order valence-corrected chi connectivity index (χ4v) is 4.05. The molecule has 0 aliphatic heterocycles. The van der Waals surface area contributed by atoms with Crippen molar-refractivity contribution in [3.05, 3.63) is 35.4 Å². The van der Waals surface area contributed by atoms with Crippen molar-refractivity contribution in [1.82, 2.24) is 0 Å². The summed E-state index contributed by atoms with van der Waals surface area (Å²) in [5.74, 6) is 0.933. The Hall–Kier alpha value is -2.76. The number of carbonyl (C=O) groups is 2. The first-order valence-corrected chi connectivity index (χ1v) is 12.8. The zero-order chi connectivity index (χ0) is 24.8. The summed E-state index contributed by atoms with van der Waals surface area (Å²) in [6, 6.07) is 7.46. The maximum atomic E-state index is 12.5. The van der Waals surface area contributed by atoms with Gasteiger partial charge < -0.3 is 18.9 Å². The topological polar surface area (TPSA) is 71.1 Å². The van der Waals surface area contributed by atoms with Gasteiger partial charge in [-0.25, -0.2) is 9.59 Å². The SMILES string of the molecule is CCCCCCOC(=O)Oc1c(CC)c(CC)c(OC(=O)OCCCCCC)c2ccccc12. The van der Waals surface area contributed by atoms with Crippen molar-refractivity contribution in [1.29, 1.82) is 0 Å². The Balaban J connectivity index is 2.26. The summed E-state index contributed by atoms with van der Waals surface area (Å²) in [5.41, 5.74) is 1.66. The Morgan fingerprint density at radius 1 is 0.618 bits per heavy atom. The first kappa shape index (κ1) is 27.5. The zero-order valence-corrected chi connectivity index (χ0v) is 21.2. The first-order chi connectivity index (χ1) is 16.6. The van der Waals surface area contributed by atoms with Gasteiger partial charge in [0.25, 0.3) is 0 Å². The Labute approximate surface area is 203 Å². The minimum absolute atomic E-state index is 0.337. The maximum Gasteiger partial charge on any atom is 0.513 e. The molecule has 2 aromatic carbocycles. The lowest BCUT2D eigenvalue weighted by Crippen LogP contribution is -2.16. The third-order valence-electron chi connectivity index (χ3n) is 5.84. The number of unbranched alkanes of at least 4 members (excludes halogenated alkanes) is 6. The normalized spacial score (nSPS) is 10.8. The van der Waals surface area contributed by atoms with Crippen LogP contribution in [0.25, 0.3) is 10.8 Å². The molecule has 0 aliphatic rings. The molecule has 188 valence electrons. The lowest BCUT2D eigenvalue weighted by atomic mass is 9.94. The fraction of sp³-hybridized carbons (Fsp3) is 0.571. The third-order valence-corrected chi connectivity index (χ3v) is 5.84. The molecule has 0 radical (unpaired) electrons. The van der Waals surface area contributed by atoms with E-state index in [0.29, 0.717) is 48.3 Å². The third kappa shape index (κ3) is 7.93. The number of fused-ring (bicyclic) bond motifs is 1. The summed E-state index contributed by atoms with van der Waals surface area (Å²) < 4.78 is 22.1. The van der Waals surface area contributed by atoms with Crippen LogP contribution in [-0.4, -0.2) is 25.5 Å². The van der Waals surface area contributed by atoms with E-state index in [2.05, 4.69) is 13.8 Å². The zero-order valence-electron chi connectivity index (χ0n) is 21.2. The molecule has 0 aliphatic carbocycles. The van der Waals surface area contributed by atoms with E-state index in [-0.39, 0.29) is 0 Å². The van der Waals surface area contributed by atoms with Gasteiger partial charge in [0, 0.05) is 21.9 Å². The van der Waals surface area contributed by atoms with E-state index < -0.39 is 12.3 Å². The minimum atomic E-state index is -0.710. The fourth-order valence-electron chi connectivity index (χ4n) is 4.05. The van der Waals surface area contributed by atoms with Gasteiger partial charge in [-0.05, 0) is 25.7 Å². The Bertz CT molecular complexity index is 846. The summed E-state index contributed by atoms with van der Waals surface area (Å²) >= 11 is 0. The summed E-state index contributed by atoms with van der Waals surface area (Å²) in [4.78, 5) is 24.9. The van der Waals surface area contributed by atoms with Crippen molar-refractivity contribution >= 4 is 23.1 Å². The van der Waals surface area contributed by atoms with Gasteiger partial charge in [0.05, 0.1) is 13.2 Å². The van der Waals surface area contributed by atoms with Crippen LogP contribution in [0.5, 0.6) is 11.5 Å². The van der Waals surface area contributed by atoms with Gasteiger partial charge in [-0.3, -0.25) is 0 Å². The summed E-state index contributed by atoms with van der Waals surface area (Å²) in [5, 5.41) is 1.40. The van der Waals surface area contributed by atoms with Gasteiger partial charge in [-0.1, -0.05) is 90.5 Å². The van der Waals surface area contributed by atoms with E-state index >= 15 is 0 Å². The van der Waals surface area contributed by atoms with Crippen LogP contribution in [0.15, 0.2) is 24.3 Å². The molecule has 34 heavy (non-hydrogen) atoms. The molecule has 0 amide bonds. The molecule has 0 saturated heterocycles. The standard InChI is InChI=1S/C28H40O6/c1-5-9-11-15-19-31-27(29)33-25-21(7-3)22(8-4)26(24-18-14-13-17-23(24)25)34-28(30)32-20-16-12-10-6-2/h13-14,17-18H,5-12,15-16,19-20H2,1-4H3. The number of benzene rings is 2. The van der Waals surface area contributed by atoms with Crippen LogP contribution in [0.4, 0.5) is 9.59 Å². The molecule has 0 saturated carbocycles. The second-order valence-corrected chi connectivity index (χ2v) is 8.39. The molecular weight excluding hydrogens is 432 g/mol. The van der Waals surface area contributed by atoms with E-state index in [1.807, 2.05) is 38.1 Å². The molecule has 6 nitrogen and oxygen atoms in total. The molecule has 0 atom stereocenters. The predicted molar refractivity (Wildman–Crippen MR) is 135 cm³/mol. The number of hydrogen-bond donors (Lipinski definition) is 0. The largest absolute Gasteiger partial charge is 0.513 e. The highest BCUT2D eigenvalue weighted by molar-refractivity contribution is 5.98. The number of carbonyl (C=O) groups excluding carboxylic acids is 2. The van der Waals surface area contributed by atoms with Gasteiger partial charge >= 0.3 is 12.3 Å². The van der Waals surface area contributed by atoms with Crippen molar-refractivity contribution in [3.8, 4) is 11.5 Å². The van der Waals surface area contributed by atoms with Gasteiger partial charge in [0.15, 0.2) is 0 Å². The summed E-state index contributed by atoms with van der Waals surface area (Å²) in [6.45, 7) is 8.93. The molecule has 0 spiro atoms.